The van der Waals surface area contributed by atoms with Crippen molar-refractivity contribution in [2.45, 2.75) is 25.8 Å². The van der Waals surface area contributed by atoms with Crippen LogP contribution < -0.4 is 10.2 Å². The van der Waals surface area contributed by atoms with E-state index in [0.717, 1.165) is 37.3 Å². The minimum Gasteiger partial charge on any atom is -0.356 e. The zero-order valence-corrected chi connectivity index (χ0v) is 13.7. The van der Waals surface area contributed by atoms with Crippen LogP contribution in [0.5, 0.6) is 0 Å². The molecule has 0 spiro atoms. The number of amides is 1. The summed E-state index contributed by atoms with van der Waals surface area (Å²) in [6, 6.07) is 12.8. The average molecular weight is 320 g/mol. The number of nitriles is 1. The third-order valence-electron chi connectivity index (χ3n) is 4.32. The van der Waals surface area contributed by atoms with Gasteiger partial charge in [-0.2, -0.15) is 5.26 Å². The van der Waals surface area contributed by atoms with Gasteiger partial charge in [-0.25, -0.2) is 4.98 Å². The molecule has 5 heteroatoms. The monoisotopic (exact) mass is 320 g/mol. The fourth-order valence-corrected chi connectivity index (χ4v) is 2.96. The number of benzene rings is 1. The summed E-state index contributed by atoms with van der Waals surface area (Å²) in [5.41, 5.74) is 2.19. The van der Waals surface area contributed by atoms with Gasteiger partial charge in [0.2, 0.25) is 0 Å². The highest BCUT2D eigenvalue weighted by Crippen LogP contribution is 2.23. The summed E-state index contributed by atoms with van der Waals surface area (Å²) in [6.45, 7) is 3.83. The van der Waals surface area contributed by atoms with Crippen LogP contribution in [-0.2, 0) is 0 Å². The lowest BCUT2D eigenvalue weighted by Gasteiger charge is -2.21. The molecular formula is C19H20N4O. The van der Waals surface area contributed by atoms with Crippen molar-refractivity contribution in [2.75, 3.05) is 18.0 Å². The molecule has 2 aromatic rings. The maximum Gasteiger partial charge on any atom is 0.255 e. The minimum atomic E-state index is -0.142. The van der Waals surface area contributed by atoms with Gasteiger partial charge in [0.25, 0.3) is 5.91 Å². The largest absolute Gasteiger partial charge is 0.356 e. The Balaban J connectivity index is 1.76. The summed E-state index contributed by atoms with van der Waals surface area (Å²) < 4.78 is 0. The molecule has 122 valence electrons. The first-order valence-electron chi connectivity index (χ1n) is 8.20. The van der Waals surface area contributed by atoms with Crippen LogP contribution in [-0.4, -0.2) is 24.0 Å². The fourth-order valence-electron chi connectivity index (χ4n) is 2.96. The lowest BCUT2D eigenvalue weighted by molar-refractivity contribution is 0.0940. The predicted octanol–water partition coefficient (Wildman–Crippen LogP) is 3.04. The van der Waals surface area contributed by atoms with E-state index in [0.29, 0.717) is 11.1 Å². The van der Waals surface area contributed by atoms with Crippen molar-refractivity contribution in [2.24, 2.45) is 0 Å². The molecule has 1 aliphatic rings. The molecule has 1 unspecified atom stereocenters. The Morgan fingerprint density at radius 2 is 1.96 bits per heavy atom. The number of carbonyl (C=O) groups excluding carboxylic acids is 1. The number of aromatic nitrogens is 1. The van der Waals surface area contributed by atoms with Crippen LogP contribution >= 0.6 is 0 Å². The van der Waals surface area contributed by atoms with Crippen LogP contribution in [0, 0.1) is 11.3 Å². The van der Waals surface area contributed by atoms with E-state index in [-0.39, 0.29) is 11.9 Å². The highest BCUT2D eigenvalue weighted by Gasteiger charge is 2.21. The van der Waals surface area contributed by atoms with Gasteiger partial charge in [0.15, 0.2) is 0 Å². The molecule has 1 atom stereocenters. The Bertz CT molecular complexity index is 758. The van der Waals surface area contributed by atoms with Gasteiger partial charge in [0.1, 0.15) is 5.82 Å². The molecule has 5 nitrogen and oxygen atoms in total. The smallest absolute Gasteiger partial charge is 0.255 e. The van der Waals surface area contributed by atoms with Gasteiger partial charge in [-0.05, 0) is 49.6 Å². The molecule has 1 aromatic carbocycles. The van der Waals surface area contributed by atoms with Gasteiger partial charge < -0.3 is 10.2 Å². The highest BCUT2D eigenvalue weighted by atomic mass is 16.1. The molecule has 0 aliphatic carbocycles. The number of carbonyl (C=O) groups is 1. The van der Waals surface area contributed by atoms with E-state index >= 15 is 0 Å². The minimum absolute atomic E-state index is 0.123. The number of anilines is 1. The molecule has 1 N–H and O–H groups in total. The van der Waals surface area contributed by atoms with E-state index in [2.05, 4.69) is 21.3 Å². The van der Waals surface area contributed by atoms with Crippen molar-refractivity contribution in [3.63, 3.8) is 0 Å². The molecule has 1 saturated heterocycles. The van der Waals surface area contributed by atoms with Gasteiger partial charge in [-0.3, -0.25) is 4.79 Å². The molecular weight excluding hydrogens is 300 g/mol. The van der Waals surface area contributed by atoms with Crippen LogP contribution in [0.1, 0.15) is 47.3 Å². The van der Waals surface area contributed by atoms with Crippen molar-refractivity contribution in [1.29, 1.82) is 5.26 Å². The van der Waals surface area contributed by atoms with Gasteiger partial charge in [-0.1, -0.05) is 12.1 Å². The molecule has 0 bridgehead atoms. The molecule has 0 radical (unpaired) electrons. The predicted molar refractivity (Wildman–Crippen MR) is 92.7 cm³/mol. The lowest BCUT2D eigenvalue weighted by Crippen LogP contribution is -2.30. The maximum atomic E-state index is 12.7. The number of nitrogens with zero attached hydrogens (tertiary/aromatic N) is 3. The number of hydrogen-bond donors (Lipinski definition) is 1. The fraction of sp³-hybridized carbons (Fsp3) is 0.316. The van der Waals surface area contributed by atoms with E-state index in [1.807, 2.05) is 25.1 Å². The molecule has 1 fully saturated rings. The molecule has 1 aromatic heterocycles. The quantitative estimate of drug-likeness (QED) is 0.940. The van der Waals surface area contributed by atoms with Gasteiger partial charge in [0.05, 0.1) is 23.2 Å². The second kappa shape index (κ2) is 7.14. The van der Waals surface area contributed by atoms with Crippen molar-refractivity contribution >= 4 is 11.7 Å². The number of pyridine rings is 1. The van der Waals surface area contributed by atoms with E-state index < -0.39 is 0 Å². The second-order valence-electron chi connectivity index (χ2n) is 6.00. The summed E-state index contributed by atoms with van der Waals surface area (Å²) in [4.78, 5) is 19.3. The zero-order chi connectivity index (χ0) is 16.9. The Hall–Kier alpha value is -2.87. The van der Waals surface area contributed by atoms with Crippen molar-refractivity contribution in [1.82, 2.24) is 10.3 Å². The first kappa shape index (κ1) is 16.0. The van der Waals surface area contributed by atoms with Crippen molar-refractivity contribution in [3.05, 3.63) is 59.3 Å². The third-order valence-corrected chi connectivity index (χ3v) is 4.32. The summed E-state index contributed by atoms with van der Waals surface area (Å²) in [7, 11) is 0. The van der Waals surface area contributed by atoms with E-state index in [1.54, 1.807) is 24.4 Å². The SMILES string of the molecule is CC(NC(=O)c1cccnc1N1CCCC1)c1ccc(C#N)cc1. The molecule has 1 aliphatic heterocycles. The van der Waals surface area contributed by atoms with Crippen LogP contribution in [0.4, 0.5) is 5.82 Å². The first-order chi connectivity index (χ1) is 11.7. The zero-order valence-electron chi connectivity index (χ0n) is 13.7. The molecule has 3 rings (SSSR count). The summed E-state index contributed by atoms with van der Waals surface area (Å²) in [5, 5.41) is 11.9. The Morgan fingerprint density at radius 3 is 2.62 bits per heavy atom. The van der Waals surface area contributed by atoms with Crippen LogP contribution in [0.2, 0.25) is 0 Å². The summed E-state index contributed by atoms with van der Waals surface area (Å²) in [6.07, 6.45) is 4.01. The molecule has 2 heterocycles. The molecule has 0 saturated carbocycles. The maximum absolute atomic E-state index is 12.7. The number of rotatable bonds is 4. The third kappa shape index (κ3) is 3.38. The standard InChI is InChI=1S/C19H20N4O/c1-14(16-8-6-15(13-20)7-9-16)22-19(24)17-5-4-10-21-18(17)23-11-2-3-12-23/h4-10,14H,2-3,11-12H2,1H3,(H,22,24). The molecule has 24 heavy (non-hydrogen) atoms. The number of nitrogens with one attached hydrogen (secondary N) is 1. The van der Waals surface area contributed by atoms with Gasteiger partial charge in [0, 0.05) is 19.3 Å². The van der Waals surface area contributed by atoms with Gasteiger partial charge in [-0.15, -0.1) is 0 Å². The summed E-state index contributed by atoms with van der Waals surface area (Å²) in [5.74, 6) is 0.640. The van der Waals surface area contributed by atoms with E-state index in [9.17, 15) is 4.79 Å². The Morgan fingerprint density at radius 1 is 1.25 bits per heavy atom. The van der Waals surface area contributed by atoms with Crippen LogP contribution in [0.3, 0.4) is 0 Å². The Labute approximate surface area is 141 Å². The Kier molecular flexibility index (Phi) is 4.76. The van der Waals surface area contributed by atoms with E-state index in [1.165, 1.54) is 0 Å². The van der Waals surface area contributed by atoms with Crippen LogP contribution in [0.25, 0.3) is 0 Å². The molecule has 1 amide bonds. The highest BCUT2D eigenvalue weighted by molar-refractivity contribution is 5.99. The second-order valence-corrected chi connectivity index (χ2v) is 6.00. The number of hydrogen-bond acceptors (Lipinski definition) is 4. The normalized spacial score (nSPS) is 14.9. The topological polar surface area (TPSA) is 69.0 Å². The average Bonchev–Trinajstić information content (AvgIpc) is 3.16. The van der Waals surface area contributed by atoms with Crippen molar-refractivity contribution in [3.8, 4) is 6.07 Å². The first-order valence-corrected chi connectivity index (χ1v) is 8.20. The van der Waals surface area contributed by atoms with Gasteiger partial charge >= 0.3 is 0 Å². The van der Waals surface area contributed by atoms with Crippen molar-refractivity contribution < 1.29 is 4.79 Å². The van der Waals surface area contributed by atoms with E-state index in [4.69, 9.17) is 5.26 Å². The summed E-state index contributed by atoms with van der Waals surface area (Å²) >= 11 is 0. The van der Waals surface area contributed by atoms with Crippen LogP contribution in [0.15, 0.2) is 42.6 Å². The lowest BCUT2D eigenvalue weighted by atomic mass is 10.1.